The van der Waals surface area contributed by atoms with Crippen molar-refractivity contribution >= 4 is 41.1 Å². The van der Waals surface area contributed by atoms with Gasteiger partial charge in [-0.2, -0.15) is 0 Å². The van der Waals surface area contributed by atoms with Crippen LogP contribution in [0.5, 0.6) is 0 Å². The minimum absolute atomic E-state index is 0.0312. The molecule has 3 aromatic rings. The number of amidine groups is 1. The van der Waals surface area contributed by atoms with Crippen LogP contribution in [0.25, 0.3) is 6.08 Å². The van der Waals surface area contributed by atoms with E-state index in [1.54, 1.807) is 18.2 Å². The molecule has 9 heteroatoms. The lowest BCUT2D eigenvalue weighted by Crippen LogP contribution is -2.34. The number of nitrogens with one attached hydrogen (secondary N) is 1. The average Bonchev–Trinajstić information content (AvgIpc) is 3.40. The van der Waals surface area contributed by atoms with Crippen LogP contribution >= 0.6 is 0 Å². The molecule has 2 aliphatic heterocycles. The number of ether oxygens (including phenoxy) is 1. The minimum Gasteiger partial charge on any atom is -0.469 e. The van der Waals surface area contributed by atoms with Crippen LogP contribution in [-0.4, -0.2) is 66.7 Å². The molecule has 2 atom stereocenters. The van der Waals surface area contributed by atoms with Crippen molar-refractivity contribution in [2.24, 2.45) is 16.6 Å². The largest absolute Gasteiger partial charge is 0.469 e. The van der Waals surface area contributed by atoms with E-state index in [1.807, 2.05) is 53.4 Å². The molecular formula is C37H43N5O4. The molecule has 3 N–H and O–H groups in total. The number of aliphatic imine (C=N–C) groups is 1. The molecule has 0 aromatic heterocycles. The van der Waals surface area contributed by atoms with Gasteiger partial charge in [-0.3, -0.25) is 19.3 Å². The number of fused-ring (bicyclic) bond motifs is 1. The van der Waals surface area contributed by atoms with Crippen molar-refractivity contribution in [1.82, 2.24) is 9.80 Å². The van der Waals surface area contributed by atoms with E-state index < -0.39 is 0 Å². The third-order valence-electron chi connectivity index (χ3n) is 8.53. The van der Waals surface area contributed by atoms with Crippen LogP contribution in [0.2, 0.25) is 0 Å². The van der Waals surface area contributed by atoms with E-state index in [-0.39, 0.29) is 36.0 Å². The molecule has 1 saturated heterocycles. The Kier molecular flexibility index (Phi) is 10.6. The monoisotopic (exact) mass is 621 g/mol. The maximum Gasteiger partial charge on any atom is 0.310 e. The Morgan fingerprint density at radius 2 is 1.74 bits per heavy atom. The topological polar surface area (TPSA) is 117 Å². The van der Waals surface area contributed by atoms with Crippen molar-refractivity contribution < 1.29 is 19.1 Å². The zero-order valence-electron chi connectivity index (χ0n) is 26.9. The normalized spacial score (nSPS) is 17.7. The molecule has 240 valence electrons. The fourth-order valence-electron chi connectivity index (χ4n) is 6.36. The van der Waals surface area contributed by atoms with E-state index in [2.05, 4.69) is 41.2 Å². The van der Waals surface area contributed by atoms with Gasteiger partial charge < -0.3 is 20.7 Å². The van der Waals surface area contributed by atoms with Gasteiger partial charge in [0.05, 0.1) is 18.7 Å². The minimum atomic E-state index is -0.312. The summed E-state index contributed by atoms with van der Waals surface area (Å²) in [6, 6.07) is 23.1. The number of nitrogens with zero attached hydrogens (tertiary/aromatic N) is 3. The molecule has 0 saturated carbocycles. The van der Waals surface area contributed by atoms with Crippen LogP contribution in [0.3, 0.4) is 0 Å². The zero-order chi connectivity index (χ0) is 32.6. The molecule has 1 fully saturated rings. The Labute approximate surface area is 271 Å². The second-order valence-corrected chi connectivity index (χ2v) is 12.0. The van der Waals surface area contributed by atoms with E-state index in [9.17, 15) is 14.4 Å². The highest BCUT2D eigenvalue weighted by Crippen LogP contribution is 2.36. The Hall–Kier alpha value is -4.76. The van der Waals surface area contributed by atoms with Crippen LogP contribution in [0.1, 0.15) is 66.1 Å². The van der Waals surface area contributed by atoms with E-state index >= 15 is 0 Å². The fourth-order valence-corrected chi connectivity index (χ4v) is 6.36. The first-order chi connectivity index (χ1) is 22.3. The number of benzene rings is 3. The van der Waals surface area contributed by atoms with Gasteiger partial charge in [0.2, 0.25) is 5.91 Å². The summed E-state index contributed by atoms with van der Waals surface area (Å²) in [5.41, 5.74) is 11.3. The third-order valence-corrected chi connectivity index (χ3v) is 8.53. The lowest BCUT2D eigenvalue weighted by Gasteiger charge is -2.22. The second kappa shape index (κ2) is 15.0. The Bertz CT molecular complexity index is 1630. The van der Waals surface area contributed by atoms with E-state index in [0.29, 0.717) is 54.5 Å². The van der Waals surface area contributed by atoms with Crippen LogP contribution in [0.15, 0.2) is 83.4 Å². The number of carbonyl (C=O) groups is 3. The van der Waals surface area contributed by atoms with Crippen LogP contribution < -0.4 is 11.1 Å². The molecule has 5 rings (SSSR count). The highest BCUT2D eigenvalue weighted by atomic mass is 16.5. The van der Waals surface area contributed by atoms with Crippen LogP contribution in [-0.2, 0) is 20.9 Å². The summed E-state index contributed by atoms with van der Waals surface area (Å²) in [5.74, 6) is -0.620. The van der Waals surface area contributed by atoms with Gasteiger partial charge in [0.15, 0.2) is 0 Å². The number of rotatable bonds is 11. The SMILES string of the molecule is CCCN(CCC)C(=O)C1=Cc2ccc(C(=O)Nc3cccc([C@H]4CN(Cc5ccccc5)CC4C(=O)OC)c3)cc2N=C(N)C1. The highest BCUT2D eigenvalue weighted by molar-refractivity contribution is 6.08. The van der Waals surface area contributed by atoms with Crippen molar-refractivity contribution in [2.75, 3.05) is 38.6 Å². The summed E-state index contributed by atoms with van der Waals surface area (Å²) in [6.07, 6.45) is 3.84. The number of esters is 1. The maximum atomic E-state index is 13.4. The molecule has 3 aromatic carbocycles. The third kappa shape index (κ3) is 7.72. The summed E-state index contributed by atoms with van der Waals surface area (Å²) >= 11 is 0. The van der Waals surface area contributed by atoms with Gasteiger partial charge in [-0.25, -0.2) is 4.99 Å². The quantitative estimate of drug-likeness (QED) is 0.263. The molecule has 9 nitrogen and oxygen atoms in total. The predicted molar refractivity (Wildman–Crippen MR) is 182 cm³/mol. The lowest BCUT2D eigenvalue weighted by molar-refractivity contribution is -0.145. The Morgan fingerprint density at radius 3 is 2.46 bits per heavy atom. The Balaban J connectivity index is 1.33. The van der Waals surface area contributed by atoms with E-state index in [4.69, 9.17) is 10.5 Å². The van der Waals surface area contributed by atoms with Crippen molar-refractivity contribution in [2.45, 2.75) is 45.6 Å². The molecular weight excluding hydrogens is 578 g/mol. The van der Waals surface area contributed by atoms with E-state index in [1.165, 1.54) is 12.7 Å². The number of anilines is 1. The smallest absolute Gasteiger partial charge is 0.310 e. The van der Waals surface area contributed by atoms with Gasteiger partial charge >= 0.3 is 5.97 Å². The summed E-state index contributed by atoms with van der Waals surface area (Å²) in [7, 11) is 1.43. The first-order valence-corrected chi connectivity index (χ1v) is 16.0. The number of carbonyl (C=O) groups excluding carboxylic acids is 3. The fraction of sp³-hybridized carbons (Fsp3) is 0.351. The number of nitrogens with two attached hydrogens (primary N) is 1. The van der Waals surface area contributed by atoms with Crippen molar-refractivity contribution in [3.63, 3.8) is 0 Å². The molecule has 0 aliphatic carbocycles. The van der Waals surface area contributed by atoms with Gasteiger partial charge in [0, 0.05) is 67.4 Å². The number of methoxy groups -OCH3 is 1. The molecule has 1 unspecified atom stereocenters. The van der Waals surface area contributed by atoms with Crippen molar-refractivity contribution in [3.05, 3.63) is 101 Å². The first-order valence-electron chi connectivity index (χ1n) is 16.0. The summed E-state index contributed by atoms with van der Waals surface area (Å²) < 4.78 is 5.17. The molecule has 2 amide bonds. The molecule has 2 heterocycles. The second-order valence-electron chi connectivity index (χ2n) is 12.0. The zero-order valence-corrected chi connectivity index (χ0v) is 26.9. The highest BCUT2D eigenvalue weighted by Gasteiger charge is 2.39. The predicted octanol–water partition coefficient (Wildman–Crippen LogP) is 5.75. The van der Waals surface area contributed by atoms with Crippen molar-refractivity contribution in [1.29, 1.82) is 0 Å². The average molecular weight is 622 g/mol. The molecule has 0 radical (unpaired) electrons. The molecule has 2 aliphatic rings. The number of hydrogen-bond donors (Lipinski definition) is 2. The molecule has 0 bridgehead atoms. The van der Waals surface area contributed by atoms with Gasteiger partial charge in [0.1, 0.15) is 5.84 Å². The summed E-state index contributed by atoms with van der Waals surface area (Å²) in [4.78, 5) is 48.2. The van der Waals surface area contributed by atoms with Crippen molar-refractivity contribution in [3.8, 4) is 0 Å². The first kappa shape index (κ1) is 32.6. The van der Waals surface area contributed by atoms with Gasteiger partial charge in [-0.15, -0.1) is 0 Å². The van der Waals surface area contributed by atoms with Crippen LogP contribution in [0.4, 0.5) is 11.4 Å². The van der Waals surface area contributed by atoms with E-state index in [0.717, 1.165) is 30.5 Å². The molecule has 0 spiro atoms. The van der Waals surface area contributed by atoms with Gasteiger partial charge in [-0.1, -0.05) is 62.4 Å². The number of amides is 2. The number of likely N-dealkylation sites (tertiary alicyclic amines) is 1. The van der Waals surface area contributed by atoms with Crippen LogP contribution in [0, 0.1) is 5.92 Å². The van der Waals surface area contributed by atoms with Gasteiger partial charge in [0.25, 0.3) is 5.91 Å². The standard InChI is InChI=1S/C37H43N5O4/c1-4-16-42(17-5-2)36(44)29-18-27-14-15-28(20-33(27)40-34(38)21-29)35(43)39-30-13-9-12-26(19-30)31-23-41(24-32(31)37(45)46-3)22-25-10-7-6-8-11-25/h6-15,18-20,31-32H,4-5,16-17,21-24H2,1-3H3,(H2,38,40)(H,39,43)/t31-,32?/m1/s1. The molecule has 46 heavy (non-hydrogen) atoms. The Morgan fingerprint density at radius 1 is 0.978 bits per heavy atom. The summed E-state index contributed by atoms with van der Waals surface area (Å²) in [5, 5.41) is 3.01. The van der Waals surface area contributed by atoms with Gasteiger partial charge in [-0.05, 0) is 54.3 Å². The maximum absolute atomic E-state index is 13.4. The number of hydrogen-bond acceptors (Lipinski definition) is 7. The lowest BCUT2D eigenvalue weighted by atomic mass is 9.89. The summed E-state index contributed by atoms with van der Waals surface area (Å²) in [6.45, 7) is 7.52.